The lowest BCUT2D eigenvalue weighted by atomic mass is 9.97. The predicted octanol–water partition coefficient (Wildman–Crippen LogP) is 4.15. The maximum atomic E-state index is 5.51. The second kappa shape index (κ2) is 11.4. The standard InChI is InChI=1S/C24H38N4O/c1-4-5-12-24-25-16-22(26-24)19-27(2)17-20-9-8-14-28(18-20)15-13-21-10-6-7-11-23(21)29-3/h6-7,10-11,16,20H,4-5,8-9,12-15,17-19H2,1-3H3,(H,25,26). The number of benzene rings is 1. The van der Waals surface area contributed by atoms with Gasteiger partial charge in [-0.25, -0.2) is 4.98 Å². The Hall–Kier alpha value is -1.85. The van der Waals surface area contributed by atoms with Gasteiger partial charge < -0.3 is 19.5 Å². The zero-order valence-electron chi connectivity index (χ0n) is 18.5. The average Bonchev–Trinajstić information content (AvgIpc) is 3.18. The van der Waals surface area contributed by atoms with Gasteiger partial charge in [-0.2, -0.15) is 0 Å². The molecule has 5 heteroatoms. The smallest absolute Gasteiger partial charge is 0.122 e. The number of nitrogens with one attached hydrogen (secondary N) is 1. The molecule has 1 aromatic carbocycles. The van der Waals surface area contributed by atoms with E-state index in [2.05, 4.69) is 51.9 Å². The summed E-state index contributed by atoms with van der Waals surface area (Å²) < 4.78 is 5.51. The third kappa shape index (κ3) is 6.86. The van der Waals surface area contributed by atoms with Gasteiger partial charge in [0.15, 0.2) is 0 Å². The maximum absolute atomic E-state index is 5.51. The molecule has 1 fully saturated rings. The Morgan fingerprint density at radius 2 is 2.14 bits per heavy atom. The number of hydrogen-bond donors (Lipinski definition) is 1. The second-order valence-electron chi connectivity index (χ2n) is 8.53. The minimum atomic E-state index is 0.744. The SMILES string of the molecule is CCCCc1ncc(CN(C)CC2CCCN(CCc3ccccc3OC)C2)[nH]1. The van der Waals surface area contributed by atoms with Crippen LogP contribution in [-0.4, -0.2) is 60.1 Å². The van der Waals surface area contributed by atoms with Crippen LogP contribution in [0.2, 0.25) is 0 Å². The molecule has 2 aromatic rings. The molecular formula is C24H38N4O. The molecule has 1 aliphatic heterocycles. The van der Waals surface area contributed by atoms with Gasteiger partial charge in [-0.3, -0.25) is 0 Å². The van der Waals surface area contributed by atoms with Crippen LogP contribution in [0.25, 0.3) is 0 Å². The Morgan fingerprint density at radius 1 is 1.28 bits per heavy atom. The van der Waals surface area contributed by atoms with E-state index in [-0.39, 0.29) is 0 Å². The molecule has 0 aliphatic carbocycles. The van der Waals surface area contributed by atoms with E-state index in [4.69, 9.17) is 4.74 Å². The Morgan fingerprint density at radius 3 is 2.97 bits per heavy atom. The summed E-state index contributed by atoms with van der Waals surface area (Å²) >= 11 is 0. The second-order valence-corrected chi connectivity index (χ2v) is 8.53. The maximum Gasteiger partial charge on any atom is 0.122 e. The third-order valence-corrected chi connectivity index (χ3v) is 5.95. The molecule has 0 radical (unpaired) electrons. The number of aromatic nitrogens is 2. The normalized spacial score (nSPS) is 17.7. The van der Waals surface area contributed by atoms with Gasteiger partial charge in [-0.1, -0.05) is 31.5 Å². The van der Waals surface area contributed by atoms with Crippen molar-refractivity contribution in [2.24, 2.45) is 5.92 Å². The van der Waals surface area contributed by atoms with Crippen LogP contribution in [0.3, 0.4) is 0 Å². The molecular weight excluding hydrogens is 360 g/mol. The summed E-state index contributed by atoms with van der Waals surface area (Å²) in [5, 5.41) is 0. The van der Waals surface area contributed by atoms with Crippen LogP contribution in [0.5, 0.6) is 5.75 Å². The van der Waals surface area contributed by atoms with Gasteiger partial charge in [-0.05, 0) is 56.8 Å². The molecule has 1 atom stereocenters. The zero-order chi connectivity index (χ0) is 20.5. The fourth-order valence-electron chi connectivity index (χ4n) is 4.44. The Balaban J connectivity index is 1.43. The number of H-pyrrole nitrogens is 1. The van der Waals surface area contributed by atoms with E-state index >= 15 is 0 Å². The number of hydrogen-bond acceptors (Lipinski definition) is 4. The lowest BCUT2D eigenvalue weighted by Gasteiger charge is -2.34. The van der Waals surface area contributed by atoms with Gasteiger partial charge in [-0.15, -0.1) is 0 Å². The first kappa shape index (κ1) is 21.8. The van der Waals surface area contributed by atoms with Crippen LogP contribution >= 0.6 is 0 Å². The fourth-order valence-corrected chi connectivity index (χ4v) is 4.44. The van der Waals surface area contributed by atoms with Crippen LogP contribution in [0.4, 0.5) is 0 Å². The summed E-state index contributed by atoms with van der Waals surface area (Å²) in [5.41, 5.74) is 2.55. The Kier molecular flexibility index (Phi) is 8.56. The number of likely N-dealkylation sites (tertiary alicyclic amines) is 1. The number of methoxy groups -OCH3 is 1. The van der Waals surface area contributed by atoms with Crippen LogP contribution < -0.4 is 4.74 Å². The molecule has 2 heterocycles. The molecule has 160 valence electrons. The summed E-state index contributed by atoms with van der Waals surface area (Å²) in [5.74, 6) is 2.89. The van der Waals surface area contributed by atoms with Crippen molar-refractivity contribution in [2.45, 2.75) is 52.0 Å². The number of rotatable bonds is 11. The molecule has 0 bridgehead atoms. The highest BCUT2D eigenvalue weighted by molar-refractivity contribution is 5.33. The Bertz CT molecular complexity index is 729. The van der Waals surface area contributed by atoms with Gasteiger partial charge in [0, 0.05) is 44.5 Å². The number of aryl methyl sites for hydroxylation is 1. The monoisotopic (exact) mass is 398 g/mol. The minimum absolute atomic E-state index is 0.744. The highest BCUT2D eigenvalue weighted by atomic mass is 16.5. The van der Waals surface area contributed by atoms with Gasteiger partial charge in [0.25, 0.3) is 0 Å². The summed E-state index contributed by atoms with van der Waals surface area (Å²) in [6, 6.07) is 8.40. The van der Waals surface area contributed by atoms with Crippen molar-refractivity contribution in [3.63, 3.8) is 0 Å². The van der Waals surface area contributed by atoms with Crippen molar-refractivity contribution in [2.75, 3.05) is 40.3 Å². The van der Waals surface area contributed by atoms with Crippen LogP contribution in [0.15, 0.2) is 30.5 Å². The van der Waals surface area contributed by atoms with Crippen LogP contribution in [0.1, 0.15) is 49.7 Å². The van der Waals surface area contributed by atoms with E-state index in [9.17, 15) is 0 Å². The summed E-state index contributed by atoms with van der Waals surface area (Å²) in [7, 11) is 4.00. The van der Waals surface area contributed by atoms with Crippen molar-refractivity contribution >= 4 is 0 Å². The molecule has 1 aromatic heterocycles. The fraction of sp³-hybridized carbons (Fsp3) is 0.625. The number of unbranched alkanes of at least 4 members (excludes halogenated alkanes) is 1. The van der Waals surface area contributed by atoms with Crippen molar-refractivity contribution in [3.05, 3.63) is 47.5 Å². The summed E-state index contributed by atoms with van der Waals surface area (Å²) in [6.45, 7) is 7.86. The van der Waals surface area contributed by atoms with Crippen molar-refractivity contribution < 1.29 is 4.74 Å². The summed E-state index contributed by atoms with van der Waals surface area (Å²) in [4.78, 5) is 13.1. The van der Waals surface area contributed by atoms with E-state index in [1.807, 2.05) is 12.3 Å². The number of para-hydroxylation sites is 1. The molecule has 1 aliphatic rings. The van der Waals surface area contributed by atoms with Crippen LogP contribution in [0, 0.1) is 5.92 Å². The lowest BCUT2D eigenvalue weighted by molar-refractivity contribution is 0.141. The number of nitrogens with zero attached hydrogens (tertiary/aromatic N) is 3. The number of piperidine rings is 1. The molecule has 29 heavy (non-hydrogen) atoms. The molecule has 1 N–H and O–H groups in total. The largest absolute Gasteiger partial charge is 0.496 e. The number of ether oxygens (including phenoxy) is 1. The van der Waals surface area contributed by atoms with Gasteiger partial charge >= 0.3 is 0 Å². The van der Waals surface area contributed by atoms with E-state index in [1.165, 1.54) is 50.0 Å². The van der Waals surface area contributed by atoms with Crippen molar-refractivity contribution in [1.29, 1.82) is 0 Å². The van der Waals surface area contributed by atoms with Crippen LogP contribution in [-0.2, 0) is 19.4 Å². The molecule has 1 unspecified atom stereocenters. The average molecular weight is 399 g/mol. The Labute approximate surface area is 176 Å². The van der Waals surface area contributed by atoms with Gasteiger partial charge in [0.2, 0.25) is 0 Å². The quantitative estimate of drug-likeness (QED) is 0.618. The highest BCUT2D eigenvalue weighted by Crippen LogP contribution is 2.21. The van der Waals surface area contributed by atoms with Gasteiger partial charge in [0.1, 0.15) is 11.6 Å². The first-order chi connectivity index (χ1) is 14.2. The van der Waals surface area contributed by atoms with Gasteiger partial charge in [0.05, 0.1) is 7.11 Å². The summed E-state index contributed by atoms with van der Waals surface area (Å²) in [6.07, 6.45) is 9.18. The molecule has 0 saturated carbocycles. The number of aromatic amines is 1. The zero-order valence-corrected chi connectivity index (χ0v) is 18.5. The van der Waals surface area contributed by atoms with E-state index in [0.29, 0.717) is 0 Å². The van der Waals surface area contributed by atoms with Crippen molar-refractivity contribution in [3.8, 4) is 5.75 Å². The minimum Gasteiger partial charge on any atom is -0.496 e. The lowest BCUT2D eigenvalue weighted by Crippen LogP contribution is -2.40. The molecule has 0 amide bonds. The van der Waals surface area contributed by atoms with Crippen molar-refractivity contribution in [1.82, 2.24) is 19.8 Å². The predicted molar refractivity (Wildman–Crippen MR) is 119 cm³/mol. The third-order valence-electron chi connectivity index (χ3n) is 5.95. The topological polar surface area (TPSA) is 44.4 Å². The van der Waals surface area contributed by atoms with E-state index < -0.39 is 0 Å². The molecule has 0 spiro atoms. The molecule has 5 nitrogen and oxygen atoms in total. The number of imidazole rings is 1. The van der Waals surface area contributed by atoms with E-state index in [1.54, 1.807) is 7.11 Å². The molecule has 1 saturated heterocycles. The first-order valence-corrected chi connectivity index (χ1v) is 11.2. The first-order valence-electron chi connectivity index (χ1n) is 11.2. The molecule has 3 rings (SSSR count). The highest BCUT2D eigenvalue weighted by Gasteiger charge is 2.21. The van der Waals surface area contributed by atoms with E-state index in [0.717, 1.165) is 50.0 Å².